The molecule has 1 N–H and O–H groups in total. The van der Waals surface area contributed by atoms with E-state index in [2.05, 4.69) is 12.1 Å². The van der Waals surface area contributed by atoms with E-state index in [1.807, 2.05) is 30.4 Å². The van der Waals surface area contributed by atoms with Crippen LogP contribution >= 0.6 is 0 Å². The molecule has 0 spiro atoms. The Morgan fingerprint density at radius 2 is 1.50 bits per heavy atom. The standard InChI is InChI=1S/C20H20O4/c1-22-18-11-14(12-19(23-2)20(18)24-3)8-7-13-9-15-5-4-6-16(15)17(21)10-13/h4,6-12,21H,5H2,1-3H3/b8-7+. The van der Waals surface area contributed by atoms with Crippen molar-refractivity contribution >= 4 is 18.2 Å². The fourth-order valence-electron chi connectivity index (χ4n) is 2.87. The molecule has 0 heterocycles. The van der Waals surface area contributed by atoms with Gasteiger partial charge in [-0.1, -0.05) is 30.4 Å². The molecule has 0 saturated carbocycles. The third-order valence-electron chi connectivity index (χ3n) is 4.04. The second-order valence-electron chi connectivity index (χ2n) is 5.51. The normalized spacial score (nSPS) is 12.5. The molecule has 1 aliphatic rings. The Morgan fingerprint density at radius 3 is 2.08 bits per heavy atom. The average Bonchev–Trinajstić information content (AvgIpc) is 3.08. The first-order valence-corrected chi connectivity index (χ1v) is 7.66. The Morgan fingerprint density at radius 1 is 0.875 bits per heavy atom. The summed E-state index contributed by atoms with van der Waals surface area (Å²) in [5, 5.41) is 10.1. The first-order chi connectivity index (χ1) is 11.7. The van der Waals surface area contributed by atoms with E-state index < -0.39 is 0 Å². The van der Waals surface area contributed by atoms with Gasteiger partial charge in [-0.15, -0.1) is 0 Å². The zero-order valence-corrected chi connectivity index (χ0v) is 14.0. The van der Waals surface area contributed by atoms with Crippen molar-refractivity contribution in [3.8, 4) is 23.0 Å². The van der Waals surface area contributed by atoms with Crippen molar-refractivity contribution < 1.29 is 19.3 Å². The van der Waals surface area contributed by atoms with Crippen molar-refractivity contribution in [2.45, 2.75) is 6.42 Å². The number of fused-ring (bicyclic) bond motifs is 1. The molecular weight excluding hydrogens is 304 g/mol. The zero-order chi connectivity index (χ0) is 17.1. The fraction of sp³-hybridized carbons (Fsp3) is 0.200. The lowest BCUT2D eigenvalue weighted by Gasteiger charge is -2.12. The minimum atomic E-state index is 0.311. The summed E-state index contributed by atoms with van der Waals surface area (Å²) in [6, 6.07) is 7.62. The van der Waals surface area contributed by atoms with E-state index in [0.717, 1.165) is 28.7 Å². The monoisotopic (exact) mass is 324 g/mol. The minimum absolute atomic E-state index is 0.311. The summed E-state index contributed by atoms with van der Waals surface area (Å²) in [5.74, 6) is 2.10. The van der Waals surface area contributed by atoms with Gasteiger partial charge in [-0.2, -0.15) is 0 Å². The molecule has 0 bridgehead atoms. The van der Waals surface area contributed by atoms with Crippen molar-refractivity contribution in [3.05, 3.63) is 52.6 Å². The molecule has 0 fully saturated rings. The molecule has 3 rings (SSSR count). The number of hydrogen-bond donors (Lipinski definition) is 1. The van der Waals surface area contributed by atoms with E-state index in [4.69, 9.17) is 14.2 Å². The van der Waals surface area contributed by atoms with Gasteiger partial charge in [-0.25, -0.2) is 0 Å². The first kappa shape index (κ1) is 16.0. The largest absolute Gasteiger partial charge is 0.507 e. The lowest BCUT2D eigenvalue weighted by Crippen LogP contribution is -1.95. The maximum absolute atomic E-state index is 10.1. The van der Waals surface area contributed by atoms with Gasteiger partial charge in [-0.05, 0) is 41.3 Å². The average molecular weight is 324 g/mol. The lowest BCUT2D eigenvalue weighted by atomic mass is 10.0. The fourth-order valence-corrected chi connectivity index (χ4v) is 2.87. The number of rotatable bonds is 5. The molecule has 0 aliphatic heterocycles. The molecule has 0 radical (unpaired) electrons. The van der Waals surface area contributed by atoms with Crippen molar-refractivity contribution in [3.63, 3.8) is 0 Å². The number of methoxy groups -OCH3 is 3. The van der Waals surface area contributed by atoms with Gasteiger partial charge in [0.15, 0.2) is 11.5 Å². The number of phenols is 1. The summed E-state index contributed by atoms with van der Waals surface area (Å²) in [5.41, 5.74) is 3.92. The number of ether oxygens (including phenoxy) is 3. The van der Waals surface area contributed by atoms with Crippen LogP contribution in [0.1, 0.15) is 22.3 Å². The third-order valence-corrected chi connectivity index (χ3v) is 4.04. The predicted octanol–water partition coefficient (Wildman–Crippen LogP) is 4.16. The number of aromatic hydroxyl groups is 1. The summed E-state index contributed by atoms with van der Waals surface area (Å²) in [4.78, 5) is 0. The van der Waals surface area contributed by atoms with E-state index in [-0.39, 0.29) is 0 Å². The van der Waals surface area contributed by atoms with Gasteiger partial charge in [0, 0.05) is 5.56 Å². The molecule has 0 amide bonds. The zero-order valence-electron chi connectivity index (χ0n) is 14.0. The second-order valence-corrected chi connectivity index (χ2v) is 5.51. The van der Waals surface area contributed by atoms with Crippen LogP contribution in [0.5, 0.6) is 23.0 Å². The maximum Gasteiger partial charge on any atom is 0.203 e. The summed E-state index contributed by atoms with van der Waals surface area (Å²) < 4.78 is 16.1. The molecule has 0 aromatic heterocycles. The topological polar surface area (TPSA) is 47.9 Å². The van der Waals surface area contributed by atoms with Crippen molar-refractivity contribution in [2.75, 3.05) is 21.3 Å². The van der Waals surface area contributed by atoms with Crippen LogP contribution in [0.3, 0.4) is 0 Å². The van der Waals surface area contributed by atoms with Gasteiger partial charge >= 0.3 is 0 Å². The van der Waals surface area contributed by atoms with Crippen LogP contribution in [0.25, 0.3) is 18.2 Å². The third kappa shape index (κ3) is 2.95. The Balaban J connectivity index is 1.94. The quantitative estimate of drug-likeness (QED) is 0.839. The van der Waals surface area contributed by atoms with Crippen LogP contribution in [0.15, 0.2) is 30.3 Å². The van der Waals surface area contributed by atoms with E-state index in [1.165, 1.54) is 0 Å². The number of allylic oxidation sites excluding steroid dienone is 1. The van der Waals surface area contributed by atoms with Crippen LogP contribution in [0.4, 0.5) is 0 Å². The van der Waals surface area contributed by atoms with Gasteiger partial charge in [0.25, 0.3) is 0 Å². The van der Waals surface area contributed by atoms with Crippen molar-refractivity contribution in [1.82, 2.24) is 0 Å². The Kier molecular flexibility index (Phi) is 4.47. The molecule has 0 atom stereocenters. The summed E-state index contributed by atoms with van der Waals surface area (Å²) >= 11 is 0. The predicted molar refractivity (Wildman–Crippen MR) is 95.9 cm³/mol. The molecule has 4 heteroatoms. The van der Waals surface area contributed by atoms with Gasteiger partial charge in [0.05, 0.1) is 21.3 Å². The lowest BCUT2D eigenvalue weighted by molar-refractivity contribution is 0.324. The number of benzene rings is 2. The van der Waals surface area contributed by atoms with E-state index >= 15 is 0 Å². The smallest absolute Gasteiger partial charge is 0.203 e. The maximum atomic E-state index is 10.1. The summed E-state index contributed by atoms with van der Waals surface area (Å²) in [7, 11) is 4.77. The van der Waals surface area contributed by atoms with Gasteiger partial charge in [-0.3, -0.25) is 0 Å². The van der Waals surface area contributed by atoms with Crippen molar-refractivity contribution in [2.24, 2.45) is 0 Å². The Hall–Kier alpha value is -2.88. The Bertz CT molecular complexity index is 794. The van der Waals surface area contributed by atoms with Crippen LogP contribution in [0.2, 0.25) is 0 Å². The highest BCUT2D eigenvalue weighted by molar-refractivity contribution is 5.76. The molecule has 0 saturated heterocycles. The molecule has 2 aromatic rings. The van der Waals surface area contributed by atoms with Crippen LogP contribution < -0.4 is 14.2 Å². The molecule has 1 aliphatic carbocycles. The Labute approximate surface area is 141 Å². The van der Waals surface area contributed by atoms with Crippen LogP contribution in [0, 0.1) is 0 Å². The number of phenolic OH excluding ortho intramolecular Hbond substituents is 1. The van der Waals surface area contributed by atoms with Crippen LogP contribution in [-0.4, -0.2) is 26.4 Å². The molecule has 124 valence electrons. The minimum Gasteiger partial charge on any atom is -0.507 e. The van der Waals surface area contributed by atoms with Gasteiger partial charge in [0.1, 0.15) is 5.75 Å². The second kappa shape index (κ2) is 6.71. The SMILES string of the molecule is COc1cc(/C=C/c2cc(O)c3c(c2)CC=C3)cc(OC)c1OC. The molecule has 0 unspecified atom stereocenters. The molecule has 4 nitrogen and oxygen atoms in total. The van der Waals surface area contributed by atoms with Crippen molar-refractivity contribution in [1.29, 1.82) is 0 Å². The highest BCUT2D eigenvalue weighted by Gasteiger charge is 2.13. The van der Waals surface area contributed by atoms with E-state index in [1.54, 1.807) is 27.4 Å². The molecular formula is C20H20O4. The number of hydrogen-bond acceptors (Lipinski definition) is 4. The summed E-state index contributed by atoms with van der Waals surface area (Å²) in [6.07, 6.45) is 8.77. The highest BCUT2D eigenvalue weighted by atomic mass is 16.5. The first-order valence-electron chi connectivity index (χ1n) is 7.66. The van der Waals surface area contributed by atoms with E-state index in [0.29, 0.717) is 23.0 Å². The van der Waals surface area contributed by atoms with Gasteiger partial charge < -0.3 is 19.3 Å². The molecule has 24 heavy (non-hydrogen) atoms. The summed E-state index contributed by atoms with van der Waals surface area (Å²) in [6.45, 7) is 0. The molecule has 2 aromatic carbocycles. The van der Waals surface area contributed by atoms with Gasteiger partial charge in [0.2, 0.25) is 5.75 Å². The van der Waals surface area contributed by atoms with Crippen LogP contribution in [-0.2, 0) is 6.42 Å². The highest BCUT2D eigenvalue weighted by Crippen LogP contribution is 2.38. The van der Waals surface area contributed by atoms with E-state index in [9.17, 15) is 5.11 Å².